The van der Waals surface area contributed by atoms with Crippen LogP contribution in [0.1, 0.15) is 43.0 Å². The minimum atomic E-state index is -0.254. The van der Waals surface area contributed by atoms with Crippen molar-refractivity contribution < 1.29 is 19.1 Å². The molecule has 3 heterocycles. The maximum atomic E-state index is 12.7. The van der Waals surface area contributed by atoms with Crippen LogP contribution in [-0.2, 0) is 4.74 Å². The first-order valence-corrected chi connectivity index (χ1v) is 11.2. The zero-order valence-corrected chi connectivity index (χ0v) is 19.0. The number of nitrogens with zero attached hydrogens (tertiary/aromatic N) is 3. The number of anilines is 1. The molecular weight excluding hydrogens is 422 g/mol. The van der Waals surface area contributed by atoms with Crippen molar-refractivity contribution in [3.05, 3.63) is 16.7 Å². The highest BCUT2D eigenvalue weighted by Gasteiger charge is 2.28. The first-order valence-electron chi connectivity index (χ1n) is 10.9. The average Bonchev–Trinajstić information content (AvgIpc) is 2.77. The van der Waals surface area contributed by atoms with E-state index >= 15 is 0 Å². The van der Waals surface area contributed by atoms with E-state index in [1.807, 2.05) is 6.92 Å². The molecule has 0 aromatic carbocycles. The highest BCUT2D eigenvalue weighted by molar-refractivity contribution is 6.33. The molecule has 0 spiro atoms. The van der Waals surface area contributed by atoms with E-state index in [9.17, 15) is 9.59 Å². The van der Waals surface area contributed by atoms with Crippen molar-refractivity contribution in [3.8, 4) is 5.88 Å². The predicted octanol–water partition coefficient (Wildman–Crippen LogP) is 2.39. The number of ether oxygens (including phenoxy) is 2. The van der Waals surface area contributed by atoms with Gasteiger partial charge in [-0.15, -0.1) is 0 Å². The first-order chi connectivity index (χ1) is 14.9. The quantitative estimate of drug-likeness (QED) is 0.680. The molecule has 2 amide bonds. The van der Waals surface area contributed by atoms with Crippen LogP contribution < -0.4 is 15.8 Å². The number of rotatable bonds is 6. The number of halogens is 1. The van der Waals surface area contributed by atoms with Gasteiger partial charge in [-0.1, -0.05) is 11.6 Å². The fourth-order valence-corrected chi connectivity index (χ4v) is 4.36. The van der Waals surface area contributed by atoms with Crippen LogP contribution in [0.4, 0.5) is 10.6 Å². The Morgan fingerprint density at radius 1 is 1.23 bits per heavy atom. The molecule has 0 radical (unpaired) electrons. The van der Waals surface area contributed by atoms with Gasteiger partial charge in [-0.3, -0.25) is 4.79 Å². The summed E-state index contributed by atoms with van der Waals surface area (Å²) in [7, 11) is 1.45. The van der Waals surface area contributed by atoms with Crippen molar-refractivity contribution in [2.24, 2.45) is 5.92 Å². The normalized spacial score (nSPS) is 18.6. The third kappa shape index (κ3) is 6.13. The van der Waals surface area contributed by atoms with Crippen LogP contribution >= 0.6 is 11.6 Å². The van der Waals surface area contributed by atoms with Gasteiger partial charge < -0.3 is 30.3 Å². The van der Waals surface area contributed by atoms with E-state index in [1.54, 1.807) is 4.90 Å². The number of carbonyl (C=O) groups excluding carboxylic acids is 2. The summed E-state index contributed by atoms with van der Waals surface area (Å²) in [5.74, 6) is 0.641. The second-order valence-corrected chi connectivity index (χ2v) is 8.50. The number of amides is 2. The van der Waals surface area contributed by atoms with Crippen molar-refractivity contribution in [2.75, 3.05) is 52.2 Å². The number of nitrogen functional groups attached to an aromatic ring is 1. The van der Waals surface area contributed by atoms with Crippen LogP contribution in [0.5, 0.6) is 5.88 Å². The Labute approximate surface area is 188 Å². The molecule has 2 aliphatic heterocycles. The van der Waals surface area contributed by atoms with Crippen LogP contribution in [0.2, 0.25) is 5.02 Å². The summed E-state index contributed by atoms with van der Waals surface area (Å²) in [4.78, 5) is 32.8. The van der Waals surface area contributed by atoms with E-state index in [-0.39, 0.29) is 40.3 Å². The Bertz CT molecular complexity index is 777. The third-order valence-electron chi connectivity index (χ3n) is 5.99. The molecule has 0 saturated carbocycles. The molecule has 9 nitrogen and oxygen atoms in total. The van der Waals surface area contributed by atoms with Gasteiger partial charge >= 0.3 is 6.09 Å². The van der Waals surface area contributed by atoms with Crippen LogP contribution in [0, 0.1) is 5.92 Å². The van der Waals surface area contributed by atoms with Crippen LogP contribution in [0.3, 0.4) is 0 Å². The topological polar surface area (TPSA) is 110 Å². The van der Waals surface area contributed by atoms with E-state index in [4.69, 9.17) is 26.8 Å². The number of nitrogens with two attached hydrogens (primary N) is 1. The number of hydrogen-bond donors (Lipinski definition) is 2. The van der Waals surface area contributed by atoms with E-state index in [1.165, 1.54) is 13.2 Å². The monoisotopic (exact) mass is 453 g/mol. The number of hydrogen-bond acceptors (Lipinski definition) is 7. The van der Waals surface area contributed by atoms with Crippen LogP contribution in [0.25, 0.3) is 0 Å². The van der Waals surface area contributed by atoms with Gasteiger partial charge in [-0.05, 0) is 44.6 Å². The molecule has 3 N–H and O–H groups in total. The highest BCUT2D eigenvalue weighted by Crippen LogP contribution is 2.26. The van der Waals surface area contributed by atoms with E-state index in [2.05, 4.69) is 15.2 Å². The zero-order valence-electron chi connectivity index (χ0n) is 18.2. The Hall–Kier alpha value is -2.26. The zero-order chi connectivity index (χ0) is 22.4. The maximum Gasteiger partial charge on any atom is 0.409 e. The van der Waals surface area contributed by atoms with Crippen LogP contribution in [-0.4, -0.2) is 79.3 Å². The second-order valence-electron chi connectivity index (χ2n) is 8.09. The van der Waals surface area contributed by atoms with Crippen molar-refractivity contribution in [2.45, 2.75) is 38.6 Å². The molecule has 0 atom stereocenters. The molecule has 31 heavy (non-hydrogen) atoms. The lowest BCUT2D eigenvalue weighted by molar-refractivity contribution is 0.0797. The van der Waals surface area contributed by atoms with Gasteiger partial charge in [0, 0.05) is 38.8 Å². The largest absolute Gasteiger partial charge is 0.480 e. The minimum Gasteiger partial charge on any atom is -0.480 e. The molecule has 3 rings (SSSR count). The van der Waals surface area contributed by atoms with Gasteiger partial charge in [0.15, 0.2) is 0 Å². The molecule has 0 bridgehead atoms. The smallest absolute Gasteiger partial charge is 0.409 e. The summed E-state index contributed by atoms with van der Waals surface area (Å²) in [5.41, 5.74) is 5.98. The maximum absolute atomic E-state index is 12.7. The first kappa shape index (κ1) is 23.4. The summed E-state index contributed by atoms with van der Waals surface area (Å²) in [6, 6.07) is 1.59. The highest BCUT2D eigenvalue weighted by atomic mass is 35.5. The van der Waals surface area contributed by atoms with E-state index < -0.39 is 0 Å². The summed E-state index contributed by atoms with van der Waals surface area (Å²) in [5, 5.41) is 3.30. The van der Waals surface area contributed by atoms with Crippen molar-refractivity contribution in [1.82, 2.24) is 20.1 Å². The second kappa shape index (κ2) is 10.9. The minimum absolute atomic E-state index is 0.0930. The Morgan fingerprint density at radius 2 is 1.90 bits per heavy atom. The van der Waals surface area contributed by atoms with Crippen molar-refractivity contribution in [1.29, 1.82) is 0 Å². The Kier molecular flexibility index (Phi) is 8.20. The molecular formula is C21H32ClN5O4. The summed E-state index contributed by atoms with van der Waals surface area (Å²) in [6.45, 7) is 6.66. The molecule has 1 aromatic heterocycles. The van der Waals surface area contributed by atoms with Crippen molar-refractivity contribution >= 4 is 29.4 Å². The number of nitrogens with one attached hydrogen (secondary N) is 1. The number of likely N-dealkylation sites (tertiary alicyclic amines) is 2. The average molecular weight is 454 g/mol. The number of aromatic nitrogens is 1. The summed E-state index contributed by atoms with van der Waals surface area (Å²) >= 11 is 6.02. The molecule has 10 heteroatoms. The Morgan fingerprint density at radius 3 is 2.52 bits per heavy atom. The van der Waals surface area contributed by atoms with Crippen LogP contribution in [0.15, 0.2) is 6.07 Å². The SMILES string of the molecule is CCOC(=O)N1CCC(CN2CCC(NC(=O)c3cc(Cl)c(N)nc3OC)CC2)CC1. The molecule has 2 fully saturated rings. The third-order valence-corrected chi connectivity index (χ3v) is 6.29. The van der Waals surface area contributed by atoms with Gasteiger partial charge in [0.05, 0.1) is 18.7 Å². The summed E-state index contributed by atoms with van der Waals surface area (Å²) < 4.78 is 10.3. The predicted molar refractivity (Wildman–Crippen MR) is 118 cm³/mol. The molecule has 2 aliphatic rings. The number of carbonyl (C=O) groups is 2. The van der Waals surface area contributed by atoms with Gasteiger partial charge in [0.2, 0.25) is 5.88 Å². The van der Waals surface area contributed by atoms with Gasteiger partial charge in [0.25, 0.3) is 5.91 Å². The summed E-state index contributed by atoms with van der Waals surface area (Å²) in [6.07, 6.45) is 3.56. The molecule has 172 valence electrons. The standard InChI is InChI=1S/C21H32ClN5O4/c1-3-31-21(29)27-10-4-14(5-11-27)13-26-8-6-15(7-9-26)24-19(28)16-12-17(22)18(23)25-20(16)30-2/h12,14-15H,3-11,13H2,1-2H3,(H2,23,25)(H,24,28). The van der Waals surface area contributed by atoms with E-state index in [0.717, 1.165) is 58.4 Å². The lowest BCUT2D eigenvalue weighted by Gasteiger charge is -2.37. The Balaban J connectivity index is 1.43. The number of pyridine rings is 1. The van der Waals surface area contributed by atoms with Gasteiger partial charge in [-0.2, -0.15) is 4.98 Å². The lowest BCUT2D eigenvalue weighted by Crippen LogP contribution is -2.47. The molecule has 1 aromatic rings. The van der Waals surface area contributed by atoms with Gasteiger partial charge in [-0.25, -0.2) is 4.79 Å². The fraction of sp³-hybridized carbons (Fsp3) is 0.667. The lowest BCUT2D eigenvalue weighted by atomic mass is 9.95. The molecule has 0 unspecified atom stereocenters. The molecule has 2 saturated heterocycles. The fourth-order valence-electron chi connectivity index (χ4n) is 4.20. The number of methoxy groups -OCH3 is 1. The number of piperidine rings is 2. The van der Waals surface area contributed by atoms with Gasteiger partial charge in [0.1, 0.15) is 11.4 Å². The van der Waals surface area contributed by atoms with E-state index in [0.29, 0.717) is 12.5 Å². The van der Waals surface area contributed by atoms with Crippen molar-refractivity contribution in [3.63, 3.8) is 0 Å². The molecule has 0 aliphatic carbocycles.